The standard InChI is InChI=1S/C8H19Cl3N2Si2/c1-7(2,3)12-14(9)13(8(4,5)6)15(12,10)11/h14H,1-6H3. The van der Waals surface area contributed by atoms with E-state index >= 15 is 0 Å². The minimum Gasteiger partial charge on any atom is -0.283 e. The van der Waals surface area contributed by atoms with Gasteiger partial charge in [-0.15, -0.1) is 33.2 Å². The van der Waals surface area contributed by atoms with E-state index in [9.17, 15) is 0 Å². The van der Waals surface area contributed by atoms with Crippen molar-refractivity contribution in [2.24, 2.45) is 0 Å². The fourth-order valence-corrected chi connectivity index (χ4v) is 20.4. The number of hydrogen-bond acceptors (Lipinski definition) is 2. The molecule has 1 fully saturated rings. The highest BCUT2D eigenvalue weighted by molar-refractivity contribution is 7.51. The predicted molar refractivity (Wildman–Crippen MR) is 73.6 cm³/mol. The van der Waals surface area contributed by atoms with E-state index in [0.29, 0.717) is 0 Å². The van der Waals surface area contributed by atoms with Crippen LogP contribution in [-0.4, -0.2) is 35.0 Å². The first-order chi connectivity index (χ1) is 6.40. The van der Waals surface area contributed by atoms with Crippen LogP contribution in [0.5, 0.6) is 0 Å². The van der Waals surface area contributed by atoms with Crippen molar-refractivity contribution in [2.75, 3.05) is 0 Å². The van der Waals surface area contributed by atoms with Gasteiger partial charge in [0.05, 0.1) is 0 Å². The lowest BCUT2D eigenvalue weighted by atomic mass is 10.1. The number of nitrogens with zero attached hydrogens (tertiary/aromatic N) is 2. The third-order valence-electron chi connectivity index (χ3n) is 2.45. The summed E-state index contributed by atoms with van der Waals surface area (Å²) in [5, 5.41) is 0. The van der Waals surface area contributed by atoms with Gasteiger partial charge in [0.25, 0.3) is 8.43 Å². The van der Waals surface area contributed by atoms with Crippen LogP contribution in [0.1, 0.15) is 41.5 Å². The van der Waals surface area contributed by atoms with Crippen molar-refractivity contribution in [1.82, 2.24) is 8.46 Å². The van der Waals surface area contributed by atoms with Crippen molar-refractivity contribution in [3.05, 3.63) is 0 Å². The van der Waals surface area contributed by atoms with Gasteiger partial charge in [-0.25, -0.2) is 0 Å². The van der Waals surface area contributed by atoms with Crippen LogP contribution in [0.3, 0.4) is 0 Å². The summed E-state index contributed by atoms with van der Waals surface area (Å²) >= 11 is 19.5. The fraction of sp³-hybridized carbons (Fsp3) is 1.00. The topological polar surface area (TPSA) is 6.48 Å². The van der Waals surface area contributed by atoms with Gasteiger partial charge in [0, 0.05) is 11.1 Å². The molecule has 0 saturated carbocycles. The molecule has 1 heterocycles. The van der Waals surface area contributed by atoms with Gasteiger partial charge in [-0.05, 0) is 41.5 Å². The van der Waals surface area contributed by atoms with Gasteiger partial charge < -0.3 is 0 Å². The lowest BCUT2D eigenvalue weighted by molar-refractivity contribution is 0.233. The van der Waals surface area contributed by atoms with Gasteiger partial charge >= 0.3 is 7.02 Å². The molecule has 1 rings (SSSR count). The van der Waals surface area contributed by atoms with Crippen molar-refractivity contribution in [3.8, 4) is 0 Å². The molecular formula is C8H19Cl3N2Si2. The third-order valence-corrected chi connectivity index (χ3v) is 17.4. The maximum absolute atomic E-state index is 6.51. The van der Waals surface area contributed by atoms with E-state index in [1.54, 1.807) is 0 Å². The fourth-order valence-electron chi connectivity index (χ4n) is 1.88. The van der Waals surface area contributed by atoms with E-state index in [4.69, 9.17) is 33.2 Å². The SMILES string of the molecule is CC(C)(C)N1[SiH](Cl)N(C(C)(C)C)[Si]1(Cl)Cl. The Labute approximate surface area is 110 Å². The Hall–Kier alpha value is 1.22. The molecule has 15 heavy (non-hydrogen) atoms. The van der Waals surface area contributed by atoms with Crippen molar-refractivity contribution >= 4 is 48.7 Å². The monoisotopic (exact) mass is 304 g/mol. The Morgan fingerprint density at radius 1 is 0.867 bits per heavy atom. The van der Waals surface area contributed by atoms with Crippen LogP contribution in [-0.2, 0) is 0 Å². The maximum atomic E-state index is 6.51. The number of hydrogen-bond donors (Lipinski definition) is 0. The van der Waals surface area contributed by atoms with Gasteiger partial charge in [0.2, 0.25) is 0 Å². The van der Waals surface area contributed by atoms with Crippen LogP contribution in [0.4, 0.5) is 0 Å². The Morgan fingerprint density at radius 3 is 1.27 bits per heavy atom. The second-order valence-electron chi connectivity index (χ2n) is 5.90. The van der Waals surface area contributed by atoms with Gasteiger partial charge in [0.15, 0.2) is 0 Å². The number of halogens is 3. The lowest BCUT2D eigenvalue weighted by Crippen LogP contribution is -2.86. The summed E-state index contributed by atoms with van der Waals surface area (Å²) in [7, 11) is -4.14. The molecule has 2 nitrogen and oxygen atoms in total. The molecule has 0 unspecified atom stereocenters. The summed E-state index contributed by atoms with van der Waals surface area (Å²) in [5.41, 5.74) is -0.0633. The highest BCUT2D eigenvalue weighted by Crippen LogP contribution is 2.47. The van der Waals surface area contributed by atoms with Crippen molar-refractivity contribution in [1.29, 1.82) is 0 Å². The minimum atomic E-state index is -2.50. The molecule has 0 aliphatic carbocycles. The zero-order chi connectivity index (χ0) is 12.2. The molecule has 0 spiro atoms. The number of rotatable bonds is 0. The van der Waals surface area contributed by atoms with Crippen LogP contribution in [0.25, 0.3) is 0 Å². The van der Waals surface area contributed by atoms with Gasteiger partial charge in [-0.2, -0.15) is 0 Å². The first-order valence-corrected chi connectivity index (χ1v) is 11.7. The summed E-state index contributed by atoms with van der Waals surface area (Å²) in [4.78, 5) is 0. The van der Waals surface area contributed by atoms with Crippen LogP contribution in [0, 0.1) is 0 Å². The Balaban J connectivity index is 2.96. The van der Waals surface area contributed by atoms with E-state index in [0.717, 1.165) is 0 Å². The maximum Gasteiger partial charge on any atom is 0.399 e. The zero-order valence-electron chi connectivity index (χ0n) is 10.1. The molecule has 7 heteroatoms. The molecule has 0 aromatic carbocycles. The van der Waals surface area contributed by atoms with Crippen LogP contribution < -0.4 is 0 Å². The quantitative estimate of drug-likeness (QED) is 0.501. The molecule has 0 aromatic rings. The van der Waals surface area contributed by atoms with Crippen LogP contribution >= 0.6 is 33.2 Å². The summed E-state index contributed by atoms with van der Waals surface area (Å²) in [6.45, 7) is 12.7. The second kappa shape index (κ2) is 3.87. The summed E-state index contributed by atoms with van der Waals surface area (Å²) in [6, 6.07) is 0. The smallest absolute Gasteiger partial charge is 0.283 e. The predicted octanol–water partition coefficient (Wildman–Crippen LogP) is 3.07. The molecule has 1 aliphatic rings. The molecular weight excluding hydrogens is 287 g/mol. The van der Waals surface area contributed by atoms with Crippen LogP contribution in [0.2, 0.25) is 0 Å². The van der Waals surface area contributed by atoms with Gasteiger partial charge in [0.1, 0.15) is 0 Å². The van der Waals surface area contributed by atoms with E-state index < -0.39 is 15.4 Å². The minimum absolute atomic E-state index is 0.0316. The van der Waals surface area contributed by atoms with E-state index in [1.165, 1.54) is 0 Å². The van der Waals surface area contributed by atoms with E-state index in [-0.39, 0.29) is 11.1 Å². The highest BCUT2D eigenvalue weighted by Gasteiger charge is 2.67. The normalized spacial score (nSPS) is 25.4. The molecule has 0 bridgehead atoms. The summed E-state index contributed by atoms with van der Waals surface area (Å²) < 4.78 is 4.33. The average molecular weight is 306 g/mol. The van der Waals surface area contributed by atoms with Gasteiger partial charge in [-0.1, -0.05) is 0 Å². The molecule has 1 aliphatic heterocycles. The molecule has 90 valence electrons. The lowest BCUT2D eigenvalue weighted by Gasteiger charge is -2.64. The molecule has 0 radical (unpaired) electrons. The zero-order valence-corrected chi connectivity index (χ0v) is 14.5. The Bertz CT molecular complexity index is 236. The molecule has 0 aromatic heterocycles. The molecule has 1 saturated heterocycles. The molecule has 0 N–H and O–H groups in total. The third kappa shape index (κ3) is 2.41. The van der Waals surface area contributed by atoms with Gasteiger partial charge in [-0.3, -0.25) is 8.46 Å². The van der Waals surface area contributed by atoms with Crippen LogP contribution in [0.15, 0.2) is 0 Å². The molecule has 0 atom stereocenters. The van der Waals surface area contributed by atoms with E-state index in [1.807, 2.05) is 0 Å². The summed E-state index contributed by atoms with van der Waals surface area (Å²) in [5.74, 6) is 0. The van der Waals surface area contributed by atoms with Crippen molar-refractivity contribution < 1.29 is 0 Å². The summed E-state index contributed by atoms with van der Waals surface area (Å²) in [6.07, 6.45) is 0. The Morgan fingerprint density at radius 2 is 1.13 bits per heavy atom. The second-order valence-corrected chi connectivity index (χ2v) is 15.5. The highest BCUT2D eigenvalue weighted by atomic mass is 35.7. The van der Waals surface area contributed by atoms with Crippen molar-refractivity contribution in [3.63, 3.8) is 0 Å². The first-order valence-electron chi connectivity index (χ1n) is 5.01. The van der Waals surface area contributed by atoms with Crippen molar-refractivity contribution in [2.45, 2.75) is 52.6 Å². The molecule has 0 amide bonds. The average Bonchev–Trinajstić information content (AvgIpc) is 1.74. The van der Waals surface area contributed by atoms with E-state index in [2.05, 4.69) is 50.0 Å². The first kappa shape index (κ1) is 14.3. The largest absolute Gasteiger partial charge is 0.399 e. The Kier molecular flexibility index (Phi) is 3.68.